The molecule has 2 heteroatoms. The third-order valence-electron chi connectivity index (χ3n) is 11.6. The molecule has 11 aromatic rings. The Morgan fingerprint density at radius 3 is 1.78 bits per heavy atom. The molecule has 0 fully saturated rings. The van der Waals surface area contributed by atoms with Gasteiger partial charge < -0.3 is 0 Å². The molecule has 0 saturated heterocycles. The molecule has 9 aromatic carbocycles. The minimum Gasteiger partial charge on any atom is -0.135 e. The lowest BCUT2D eigenvalue weighted by atomic mass is 9.85. The first-order valence-electron chi connectivity index (χ1n) is 18.8. The van der Waals surface area contributed by atoms with Crippen molar-refractivity contribution in [2.24, 2.45) is 0 Å². The van der Waals surface area contributed by atoms with E-state index in [0.717, 1.165) is 12.8 Å². The second-order valence-electron chi connectivity index (χ2n) is 14.7. The smallest absolute Gasteiger partial charge is 0.0434 e. The van der Waals surface area contributed by atoms with Gasteiger partial charge in [-0.3, -0.25) is 0 Å². The van der Waals surface area contributed by atoms with Crippen LogP contribution in [0.1, 0.15) is 12.8 Å². The van der Waals surface area contributed by atoms with Crippen LogP contribution in [-0.2, 0) is 0 Å². The fraction of sp³-hybridized carbons (Fsp3) is 0.0385. The lowest BCUT2D eigenvalue weighted by molar-refractivity contribution is 1.12. The first kappa shape index (κ1) is 30.4. The highest BCUT2D eigenvalue weighted by Crippen LogP contribution is 2.44. The molecule has 0 atom stereocenters. The maximum Gasteiger partial charge on any atom is 0.0434 e. The van der Waals surface area contributed by atoms with Crippen LogP contribution in [0.5, 0.6) is 0 Å². The molecule has 252 valence electrons. The van der Waals surface area contributed by atoms with E-state index in [2.05, 4.69) is 170 Å². The maximum absolute atomic E-state index is 2.48. The fourth-order valence-corrected chi connectivity index (χ4v) is 11.5. The second kappa shape index (κ2) is 11.7. The summed E-state index contributed by atoms with van der Waals surface area (Å²) >= 11 is 3.82. The van der Waals surface area contributed by atoms with E-state index >= 15 is 0 Å². The molecular weight excluding hydrogens is 689 g/mol. The van der Waals surface area contributed by atoms with E-state index in [1.807, 2.05) is 22.7 Å². The summed E-state index contributed by atoms with van der Waals surface area (Å²) in [5.41, 5.74) is 7.74. The Kier molecular flexibility index (Phi) is 6.60. The first-order valence-corrected chi connectivity index (χ1v) is 20.4. The Morgan fingerprint density at radius 1 is 0.315 bits per heavy atom. The molecule has 12 rings (SSSR count). The van der Waals surface area contributed by atoms with Gasteiger partial charge in [0.15, 0.2) is 0 Å². The first-order chi connectivity index (χ1) is 26.7. The molecule has 0 aliphatic heterocycles. The van der Waals surface area contributed by atoms with Crippen molar-refractivity contribution in [2.75, 3.05) is 0 Å². The third kappa shape index (κ3) is 4.54. The minimum atomic E-state index is 1.06. The van der Waals surface area contributed by atoms with Crippen molar-refractivity contribution < 1.29 is 0 Å². The molecule has 0 saturated carbocycles. The number of thiophene rings is 2. The zero-order valence-electron chi connectivity index (χ0n) is 29.4. The SMILES string of the molecule is C1=c2c(-c3cccc(-c4ccc5sc6cc7ccc8c9ccccc9sc8c7cc6c5c4)c3)c3ccccc3c(-c3ccc4ccccc4c3)c2=CCC1. The van der Waals surface area contributed by atoms with Gasteiger partial charge in [0.25, 0.3) is 0 Å². The predicted octanol–water partition coefficient (Wildman–Crippen LogP) is 14.2. The molecule has 2 aromatic heterocycles. The van der Waals surface area contributed by atoms with E-state index < -0.39 is 0 Å². The average Bonchev–Trinajstić information content (AvgIpc) is 3.79. The monoisotopic (exact) mass is 720 g/mol. The highest BCUT2D eigenvalue weighted by Gasteiger charge is 2.18. The van der Waals surface area contributed by atoms with Gasteiger partial charge in [-0.1, -0.05) is 127 Å². The Labute approximate surface area is 320 Å². The molecular formula is C52H32S2. The van der Waals surface area contributed by atoms with Gasteiger partial charge in [0.1, 0.15) is 0 Å². The molecule has 0 bridgehead atoms. The van der Waals surface area contributed by atoms with Crippen molar-refractivity contribution in [3.63, 3.8) is 0 Å². The molecule has 1 aliphatic carbocycles. The van der Waals surface area contributed by atoms with Crippen LogP contribution in [0.2, 0.25) is 0 Å². The largest absolute Gasteiger partial charge is 0.135 e. The molecule has 2 heterocycles. The molecule has 0 unspecified atom stereocenters. The second-order valence-corrected chi connectivity index (χ2v) is 16.8. The van der Waals surface area contributed by atoms with E-state index in [-0.39, 0.29) is 0 Å². The van der Waals surface area contributed by atoms with E-state index in [9.17, 15) is 0 Å². The molecule has 1 aliphatic rings. The Balaban J connectivity index is 1.04. The average molecular weight is 721 g/mol. The van der Waals surface area contributed by atoms with Gasteiger partial charge in [-0.2, -0.15) is 0 Å². The van der Waals surface area contributed by atoms with Crippen LogP contribution in [0.25, 0.3) is 118 Å². The van der Waals surface area contributed by atoms with Gasteiger partial charge in [0, 0.05) is 45.7 Å². The molecule has 0 spiro atoms. The van der Waals surface area contributed by atoms with Gasteiger partial charge in [-0.15, -0.1) is 22.7 Å². The van der Waals surface area contributed by atoms with Crippen LogP contribution in [0, 0.1) is 0 Å². The normalized spacial score (nSPS) is 13.0. The van der Waals surface area contributed by atoms with E-state index in [0.29, 0.717) is 0 Å². The fourth-order valence-electron chi connectivity index (χ4n) is 9.14. The zero-order valence-corrected chi connectivity index (χ0v) is 31.0. The van der Waals surface area contributed by atoms with Gasteiger partial charge in [-0.25, -0.2) is 0 Å². The summed E-state index contributed by atoms with van der Waals surface area (Å²) in [7, 11) is 0. The summed E-state index contributed by atoms with van der Waals surface area (Å²) in [6, 6.07) is 59.3. The number of fused-ring (bicyclic) bond motifs is 11. The minimum absolute atomic E-state index is 1.06. The summed E-state index contributed by atoms with van der Waals surface area (Å²) < 4.78 is 5.42. The summed E-state index contributed by atoms with van der Waals surface area (Å²) in [6.45, 7) is 0. The molecule has 54 heavy (non-hydrogen) atoms. The number of rotatable bonds is 3. The van der Waals surface area contributed by atoms with Gasteiger partial charge >= 0.3 is 0 Å². The van der Waals surface area contributed by atoms with Crippen LogP contribution in [0.4, 0.5) is 0 Å². The predicted molar refractivity (Wildman–Crippen MR) is 238 cm³/mol. The number of benzene rings is 9. The lowest BCUT2D eigenvalue weighted by Gasteiger charge is -2.18. The number of hydrogen-bond donors (Lipinski definition) is 0. The van der Waals surface area contributed by atoms with Gasteiger partial charge in [-0.05, 0) is 126 Å². The van der Waals surface area contributed by atoms with Crippen molar-refractivity contribution in [2.45, 2.75) is 12.8 Å². The lowest BCUT2D eigenvalue weighted by Crippen LogP contribution is -2.31. The van der Waals surface area contributed by atoms with Gasteiger partial charge in [0.2, 0.25) is 0 Å². The van der Waals surface area contributed by atoms with E-state index in [1.54, 1.807) is 0 Å². The van der Waals surface area contributed by atoms with Crippen molar-refractivity contribution >= 4 is 107 Å². The maximum atomic E-state index is 2.48. The van der Waals surface area contributed by atoms with Crippen LogP contribution in [-0.4, -0.2) is 0 Å². The van der Waals surface area contributed by atoms with Gasteiger partial charge in [0.05, 0.1) is 0 Å². The topological polar surface area (TPSA) is 0 Å². The summed E-state index contributed by atoms with van der Waals surface area (Å²) in [5, 5.41) is 16.0. The van der Waals surface area contributed by atoms with Crippen molar-refractivity contribution in [3.8, 4) is 33.4 Å². The zero-order chi connectivity index (χ0) is 35.3. The Morgan fingerprint density at radius 2 is 0.944 bits per heavy atom. The Hall–Kier alpha value is -6.06. The van der Waals surface area contributed by atoms with Crippen molar-refractivity contribution in [1.82, 2.24) is 0 Å². The van der Waals surface area contributed by atoms with Crippen LogP contribution >= 0.6 is 22.7 Å². The van der Waals surface area contributed by atoms with Crippen LogP contribution in [0.3, 0.4) is 0 Å². The van der Waals surface area contributed by atoms with Crippen LogP contribution in [0.15, 0.2) is 158 Å². The Bertz CT molecular complexity index is 3500. The highest BCUT2D eigenvalue weighted by atomic mass is 32.1. The quantitative estimate of drug-likeness (QED) is 0.170. The summed E-state index contributed by atoms with van der Waals surface area (Å²) in [6.07, 6.45) is 7.07. The molecule has 0 radical (unpaired) electrons. The van der Waals surface area contributed by atoms with Crippen LogP contribution < -0.4 is 10.4 Å². The summed E-state index contributed by atoms with van der Waals surface area (Å²) in [4.78, 5) is 0. The summed E-state index contributed by atoms with van der Waals surface area (Å²) in [5.74, 6) is 0. The van der Waals surface area contributed by atoms with E-state index in [1.165, 1.54) is 116 Å². The molecule has 0 N–H and O–H groups in total. The van der Waals surface area contributed by atoms with Crippen molar-refractivity contribution in [1.29, 1.82) is 0 Å². The number of hydrogen-bond acceptors (Lipinski definition) is 2. The highest BCUT2D eigenvalue weighted by molar-refractivity contribution is 7.27. The molecule has 0 nitrogen and oxygen atoms in total. The molecule has 0 amide bonds. The van der Waals surface area contributed by atoms with Crippen molar-refractivity contribution in [3.05, 3.63) is 168 Å². The third-order valence-corrected chi connectivity index (χ3v) is 14.0. The van der Waals surface area contributed by atoms with E-state index in [4.69, 9.17) is 0 Å². The standard InChI is InChI=1S/C52H32S2/c1-2-11-32-26-37(21-20-31(32)10-1)51-41-17-5-3-15-39(41)50(40-16-4-6-18-42(40)51)36-13-9-12-33(27-36)34-23-25-48-45(28-34)46-30-44-35(29-49(46)53-48)22-24-43-38-14-7-8-19-47(38)54-52(43)44/h1-3,5,7-30H,4,6H2.